The Balaban J connectivity index is 1.78. The van der Waals surface area contributed by atoms with Gasteiger partial charge in [-0.1, -0.05) is 37.5 Å². The van der Waals surface area contributed by atoms with Crippen LogP contribution in [0.1, 0.15) is 48.5 Å². The van der Waals surface area contributed by atoms with E-state index in [4.69, 9.17) is 4.74 Å². The standard InChI is InChI=1S/C17H23NO3/c1-12-7-9-14(10-8-12)17(20)21-11-16(19)18-15-6-4-3-5-13(15)2/h7-10,13,15H,3-6,11H2,1-2H3,(H,18,19)/t13-,15-/m1/s1. The van der Waals surface area contributed by atoms with E-state index in [0.717, 1.165) is 24.8 Å². The average molecular weight is 289 g/mol. The molecule has 0 aromatic heterocycles. The Morgan fingerprint density at radius 2 is 1.86 bits per heavy atom. The first-order valence-electron chi connectivity index (χ1n) is 7.59. The van der Waals surface area contributed by atoms with Crippen LogP contribution in [0.25, 0.3) is 0 Å². The molecule has 1 aliphatic carbocycles. The summed E-state index contributed by atoms with van der Waals surface area (Å²) < 4.78 is 5.06. The van der Waals surface area contributed by atoms with Crippen LogP contribution in [0.15, 0.2) is 24.3 Å². The number of benzene rings is 1. The summed E-state index contributed by atoms with van der Waals surface area (Å²) in [5.74, 6) is -0.174. The second-order valence-electron chi connectivity index (χ2n) is 5.88. The molecule has 0 aliphatic heterocycles. The lowest BCUT2D eigenvalue weighted by Crippen LogP contribution is -2.42. The normalized spacial score (nSPS) is 21.6. The van der Waals surface area contributed by atoms with Crippen molar-refractivity contribution in [1.82, 2.24) is 5.32 Å². The summed E-state index contributed by atoms with van der Waals surface area (Å²) in [5.41, 5.74) is 1.55. The highest BCUT2D eigenvalue weighted by Crippen LogP contribution is 2.23. The Morgan fingerprint density at radius 3 is 2.52 bits per heavy atom. The highest BCUT2D eigenvalue weighted by atomic mass is 16.5. The second-order valence-corrected chi connectivity index (χ2v) is 5.88. The Morgan fingerprint density at radius 1 is 1.19 bits per heavy atom. The van der Waals surface area contributed by atoms with Gasteiger partial charge < -0.3 is 10.1 Å². The number of carbonyl (C=O) groups excluding carboxylic acids is 2. The van der Waals surface area contributed by atoms with Gasteiger partial charge >= 0.3 is 5.97 Å². The van der Waals surface area contributed by atoms with Gasteiger partial charge in [0, 0.05) is 6.04 Å². The van der Waals surface area contributed by atoms with Gasteiger partial charge in [-0.25, -0.2) is 4.79 Å². The Hall–Kier alpha value is -1.84. The lowest BCUT2D eigenvalue weighted by Gasteiger charge is -2.29. The highest BCUT2D eigenvalue weighted by Gasteiger charge is 2.23. The molecule has 1 aliphatic rings. The molecule has 1 aromatic rings. The van der Waals surface area contributed by atoms with Crippen LogP contribution in [0.4, 0.5) is 0 Å². The predicted molar refractivity (Wildman–Crippen MR) is 81.0 cm³/mol. The first-order valence-corrected chi connectivity index (χ1v) is 7.59. The van der Waals surface area contributed by atoms with Gasteiger partial charge in [0.05, 0.1) is 5.56 Å². The molecule has 0 bridgehead atoms. The summed E-state index contributed by atoms with van der Waals surface area (Å²) in [6.07, 6.45) is 4.54. The minimum Gasteiger partial charge on any atom is -0.452 e. The first-order chi connectivity index (χ1) is 10.1. The zero-order valence-electron chi connectivity index (χ0n) is 12.7. The molecular formula is C17H23NO3. The molecule has 1 N–H and O–H groups in total. The maximum Gasteiger partial charge on any atom is 0.338 e. The van der Waals surface area contributed by atoms with Gasteiger partial charge in [0.2, 0.25) is 0 Å². The topological polar surface area (TPSA) is 55.4 Å². The maximum absolute atomic E-state index is 11.9. The van der Waals surface area contributed by atoms with Gasteiger partial charge in [0.25, 0.3) is 5.91 Å². The number of nitrogens with one attached hydrogen (secondary N) is 1. The quantitative estimate of drug-likeness (QED) is 0.867. The van der Waals surface area contributed by atoms with E-state index in [1.807, 2.05) is 19.1 Å². The van der Waals surface area contributed by atoms with Crippen molar-refractivity contribution in [2.45, 2.75) is 45.6 Å². The zero-order chi connectivity index (χ0) is 15.2. The number of carbonyl (C=O) groups is 2. The summed E-state index contributed by atoms with van der Waals surface area (Å²) in [6.45, 7) is 3.90. The molecule has 1 saturated carbocycles. The van der Waals surface area contributed by atoms with E-state index in [2.05, 4.69) is 12.2 Å². The highest BCUT2D eigenvalue weighted by molar-refractivity contribution is 5.91. The van der Waals surface area contributed by atoms with E-state index in [1.165, 1.54) is 6.42 Å². The Kier molecular flexibility index (Phi) is 5.37. The fraction of sp³-hybridized carbons (Fsp3) is 0.529. The molecule has 0 saturated heterocycles. The summed E-state index contributed by atoms with van der Waals surface area (Å²) >= 11 is 0. The van der Waals surface area contributed by atoms with E-state index in [0.29, 0.717) is 11.5 Å². The number of aryl methyl sites for hydroxylation is 1. The van der Waals surface area contributed by atoms with Crippen molar-refractivity contribution in [3.63, 3.8) is 0 Å². The molecule has 2 atom stereocenters. The number of esters is 1. The van der Waals surface area contributed by atoms with Crippen molar-refractivity contribution in [3.8, 4) is 0 Å². The van der Waals surface area contributed by atoms with Crippen LogP contribution in [0.2, 0.25) is 0 Å². The molecule has 0 unspecified atom stereocenters. The molecule has 21 heavy (non-hydrogen) atoms. The van der Waals surface area contributed by atoms with Gasteiger partial charge in [-0.2, -0.15) is 0 Å². The van der Waals surface area contributed by atoms with E-state index >= 15 is 0 Å². The summed E-state index contributed by atoms with van der Waals surface area (Å²) in [6, 6.07) is 7.32. The summed E-state index contributed by atoms with van der Waals surface area (Å²) in [5, 5.41) is 2.97. The average Bonchev–Trinajstić information content (AvgIpc) is 2.48. The number of rotatable bonds is 4. The predicted octanol–water partition coefficient (Wildman–Crippen LogP) is 2.85. The monoisotopic (exact) mass is 289 g/mol. The Bertz CT molecular complexity index is 495. The van der Waals surface area contributed by atoms with Crippen LogP contribution < -0.4 is 5.32 Å². The van der Waals surface area contributed by atoms with Crippen LogP contribution in [0.3, 0.4) is 0 Å². The lowest BCUT2D eigenvalue weighted by molar-refractivity contribution is -0.125. The number of amides is 1. The minimum absolute atomic E-state index is 0.212. The molecule has 2 rings (SSSR count). The second kappa shape index (κ2) is 7.25. The fourth-order valence-electron chi connectivity index (χ4n) is 2.68. The molecule has 1 aromatic carbocycles. The van der Waals surface area contributed by atoms with Gasteiger partial charge in [-0.3, -0.25) is 4.79 Å². The number of ether oxygens (including phenoxy) is 1. The van der Waals surface area contributed by atoms with E-state index in [9.17, 15) is 9.59 Å². The molecular weight excluding hydrogens is 266 g/mol. The summed E-state index contributed by atoms with van der Waals surface area (Å²) in [4.78, 5) is 23.7. The first kappa shape index (κ1) is 15.5. The van der Waals surface area contributed by atoms with Crippen molar-refractivity contribution in [3.05, 3.63) is 35.4 Å². The zero-order valence-corrected chi connectivity index (χ0v) is 12.7. The van der Waals surface area contributed by atoms with Crippen molar-refractivity contribution in [2.24, 2.45) is 5.92 Å². The van der Waals surface area contributed by atoms with Crippen LogP contribution >= 0.6 is 0 Å². The lowest BCUT2D eigenvalue weighted by atomic mass is 9.86. The summed E-state index contributed by atoms with van der Waals surface area (Å²) in [7, 11) is 0. The van der Waals surface area contributed by atoms with Gasteiger partial charge in [0.15, 0.2) is 6.61 Å². The molecule has 0 spiro atoms. The van der Waals surface area contributed by atoms with Crippen molar-refractivity contribution >= 4 is 11.9 Å². The van der Waals surface area contributed by atoms with Crippen molar-refractivity contribution < 1.29 is 14.3 Å². The van der Waals surface area contributed by atoms with Gasteiger partial charge in [-0.05, 0) is 37.8 Å². The third-order valence-corrected chi connectivity index (χ3v) is 4.08. The largest absolute Gasteiger partial charge is 0.452 e. The fourth-order valence-corrected chi connectivity index (χ4v) is 2.68. The van der Waals surface area contributed by atoms with Crippen molar-refractivity contribution in [1.29, 1.82) is 0 Å². The van der Waals surface area contributed by atoms with Gasteiger partial charge in [0.1, 0.15) is 0 Å². The molecule has 1 amide bonds. The molecule has 114 valence electrons. The van der Waals surface area contributed by atoms with Crippen LogP contribution in [-0.4, -0.2) is 24.5 Å². The maximum atomic E-state index is 11.9. The SMILES string of the molecule is Cc1ccc(C(=O)OCC(=O)N[C@@H]2CCCC[C@H]2C)cc1. The molecule has 4 nitrogen and oxygen atoms in total. The van der Waals surface area contributed by atoms with Gasteiger partial charge in [-0.15, -0.1) is 0 Å². The molecule has 4 heteroatoms. The molecule has 1 fully saturated rings. The van der Waals surface area contributed by atoms with E-state index in [-0.39, 0.29) is 18.6 Å². The van der Waals surface area contributed by atoms with E-state index < -0.39 is 5.97 Å². The van der Waals surface area contributed by atoms with E-state index in [1.54, 1.807) is 12.1 Å². The van der Waals surface area contributed by atoms with Crippen LogP contribution in [-0.2, 0) is 9.53 Å². The Labute approximate surface area is 125 Å². The van der Waals surface area contributed by atoms with Crippen LogP contribution in [0.5, 0.6) is 0 Å². The third-order valence-electron chi connectivity index (χ3n) is 4.08. The smallest absolute Gasteiger partial charge is 0.338 e. The van der Waals surface area contributed by atoms with Crippen molar-refractivity contribution in [2.75, 3.05) is 6.61 Å². The number of hydrogen-bond donors (Lipinski definition) is 1. The van der Waals surface area contributed by atoms with Crippen LogP contribution in [0, 0.1) is 12.8 Å². The third kappa shape index (κ3) is 4.59. The molecule has 0 radical (unpaired) electrons. The molecule has 0 heterocycles. The number of hydrogen-bond acceptors (Lipinski definition) is 3. The minimum atomic E-state index is -0.457.